The molecule has 3 fully saturated rings. The molecule has 3 aliphatic rings. The first-order chi connectivity index (χ1) is 14.0. The lowest BCUT2D eigenvalue weighted by Gasteiger charge is -2.32. The van der Waals surface area contributed by atoms with Gasteiger partial charge in [0.25, 0.3) is 5.91 Å². The zero-order chi connectivity index (χ0) is 20.4. The number of nitrogens with zero attached hydrogens (tertiary/aromatic N) is 3. The summed E-state index contributed by atoms with van der Waals surface area (Å²) in [5.41, 5.74) is 1.15. The molecule has 2 aliphatic heterocycles. The van der Waals surface area contributed by atoms with Gasteiger partial charge in [0, 0.05) is 44.7 Å². The highest BCUT2D eigenvalue weighted by atomic mass is 16.2. The van der Waals surface area contributed by atoms with Gasteiger partial charge < -0.3 is 9.80 Å². The molecule has 1 unspecified atom stereocenters. The lowest BCUT2D eigenvalue weighted by molar-refractivity contribution is -0.124. The molecule has 1 aromatic heterocycles. The summed E-state index contributed by atoms with van der Waals surface area (Å²) < 4.78 is 0. The van der Waals surface area contributed by atoms with Crippen molar-refractivity contribution >= 4 is 17.5 Å². The molecule has 1 aromatic rings. The molecule has 0 bridgehead atoms. The SMILES string of the molecule is CC(C)CC(=O)C1CCCN(C(=O)c2ccc(N3CCC4(CCCC4)C3)nc2)C1. The van der Waals surface area contributed by atoms with Gasteiger partial charge in [-0.2, -0.15) is 0 Å². The number of rotatable bonds is 5. The van der Waals surface area contributed by atoms with E-state index in [1.807, 2.05) is 17.0 Å². The number of amides is 1. The number of hydrogen-bond acceptors (Lipinski definition) is 4. The summed E-state index contributed by atoms with van der Waals surface area (Å²) in [4.78, 5) is 34.3. The maximum Gasteiger partial charge on any atom is 0.255 e. The Balaban J connectivity index is 1.37. The molecule has 0 aromatic carbocycles. The van der Waals surface area contributed by atoms with Gasteiger partial charge in [-0.25, -0.2) is 4.98 Å². The van der Waals surface area contributed by atoms with Crippen molar-refractivity contribution in [3.05, 3.63) is 23.9 Å². The van der Waals surface area contributed by atoms with Gasteiger partial charge in [-0.15, -0.1) is 0 Å². The Morgan fingerprint density at radius 1 is 1.14 bits per heavy atom. The Hall–Kier alpha value is -1.91. The number of pyridine rings is 1. The minimum Gasteiger partial charge on any atom is -0.356 e. The van der Waals surface area contributed by atoms with Gasteiger partial charge in [0.15, 0.2) is 0 Å². The zero-order valence-corrected chi connectivity index (χ0v) is 18.0. The zero-order valence-electron chi connectivity index (χ0n) is 18.0. The van der Waals surface area contributed by atoms with Crippen LogP contribution < -0.4 is 4.90 Å². The van der Waals surface area contributed by atoms with Gasteiger partial charge in [-0.3, -0.25) is 9.59 Å². The molecule has 1 amide bonds. The summed E-state index contributed by atoms with van der Waals surface area (Å²) in [5, 5.41) is 0. The average molecular weight is 398 g/mol. The van der Waals surface area contributed by atoms with Crippen LogP contribution in [0.25, 0.3) is 0 Å². The van der Waals surface area contributed by atoms with Gasteiger partial charge in [-0.1, -0.05) is 26.7 Å². The average Bonchev–Trinajstić information content (AvgIpc) is 3.37. The fourth-order valence-corrected chi connectivity index (χ4v) is 5.54. The largest absolute Gasteiger partial charge is 0.356 e. The fourth-order valence-electron chi connectivity index (χ4n) is 5.54. The molecule has 1 atom stereocenters. The van der Waals surface area contributed by atoms with Crippen molar-refractivity contribution in [3.8, 4) is 0 Å². The van der Waals surface area contributed by atoms with E-state index in [0.29, 0.717) is 35.6 Å². The molecule has 4 rings (SSSR count). The molecule has 1 aliphatic carbocycles. The standard InChI is InChI=1S/C24H35N3O2/c1-18(2)14-21(28)20-6-5-12-26(16-20)23(29)19-7-8-22(25-15-19)27-13-11-24(17-27)9-3-4-10-24/h7-8,15,18,20H,3-6,9-14,16-17H2,1-2H3. The Bertz CT molecular complexity index is 737. The molecule has 1 spiro atoms. The summed E-state index contributed by atoms with van der Waals surface area (Å²) in [5.74, 6) is 1.68. The van der Waals surface area contributed by atoms with Crippen LogP contribution in [0.1, 0.15) is 75.6 Å². The maximum atomic E-state index is 13.0. The number of hydrogen-bond donors (Lipinski definition) is 0. The van der Waals surface area contributed by atoms with Gasteiger partial charge in [0.05, 0.1) is 5.56 Å². The lowest BCUT2D eigenvalue weighted by atomic mass is 9.86. The molecule has 2 saturated heterocycles. The van der Waals surface area contributed by atoms with E-state index in [2.05, 4.69) is 23.7 Å². The highest BCUT2D eigenvalue weighted by molar-refractivity contribution is 5.94. The summed E-state index contributed by atoms with van der Waals surface area (Å²) in [6, 6.07) is 3.93. The molecule has 3 heterocycles. The van der Waals surface area contributed by atoms with Crippen LogP contribution in [0.5, 0.6) is 0 Å². The number of Topliss-reactive ketones (excluding diaryl/α,β-unsaturated/α-hetero) is 1. The molecule has 5 heteroatoms. The van der Waals surface area contributed by atoms with E-state index in [-0.39, 0.29) is 11.8 Å². The van der Waals surface area contributed by atoms with Crippen molar-refractivity contribution in [2.24, 2.45) is 17.3 Å². The van der Waals surface area contributed by atoms with Crippen LogP contribution in [-0.4, -0.2) is 47.8 Å². The van der Waals surface area contributed by atoms with Gasteiger partial charge >= 0.3 is 0 Å². The summed E-state index contributed by atoms with van der Waals surface area (Å²) in [6.07, 6.45) is 10.9. The molecule has 5 nitrogen and oxygen atoms in total. The third-order valence-electron chi connectivity index (χ3n) is 7.19. The van der Waals surface area contributed by atoms with E-state index in [9.17, 15) is 9.59 Å². The Morgan fingerprint density at radius 2 is 1.93 bits per heavy atom. The van der Waals surface area contributed by atoms with Crippen LogP contribution in [0, 0.1) is 17.3 Å². The third-order valence-corrected chi connectivity index (χ3v) is 7.19. The summed E-state index contributed by atoms with van der Waals surface area (Å²) in [6.45, 7) is 7.63. The smallest absolute Gasteiger partial charge is 0.255 e. The van der Waals surface area contributed by atoms with Crippen LogP contribution in [0.2, 0.25) is 0 Å². The molecular weight excluding hydrogens is 362 g/mol. The summed E-state index contributed by atoms with van der Waals surface area (Å²) >= 11 is 0. The Kier molecular flexibility index (Phi) is 5.93. The first-order valence-corrected chi connectivity index (χ1v) is 11.5. The maximum absolute atomic E-state index is 13.0. The number of carbonyl (C=O) groups excluding carboxylic acids is 2. The molecule has 158 valence electrons. The van der Waals surface area contributed by atoms with E-state index in [4.69, 9.17) is 0 Å². The monoisotopic (exact) mass is 397 g/mol. The number of ketones is 1. The first-order valence-electron chi connectivity index (χ1n) is 11.5. The van der Waals surface area contributed by atoms with Crippen molar-refractivity contribution in [3.63, 3.8) is 0 Å². The highest BCUT2D eigenvalue weighted by Gasteiger charge is 2.40. The number of carbonyl (C=O) groups is 2. The third kappa shape index (κ3) is 4.49. The lowest BCUT2D eigenvalue weighted by Crippen LogP contribution is -2.42. The molecule has 0 N–H and O–H groups in total. The number of aromatic nitrogens is 1. The minimum absolute atomic E-state index is 0.00506. The van der Waals surface area contributed by atoms with Crippen LogP contribution in [0.4, 0.5) is 5.82 Å². The van der Waals surface area contributed by atoms with E-state index >= 15 is 0 Å². The van der Waals surface area contributed by atoms with E-state index in [1.165, 1.54) is 32.1 Å². The molecule has 0 radical (unpaired) electrons. The van der Waals surface area contributed by atoms with Crippen molar-refractivity contribution in [1.82, 2.24) is 9.88 Å². The minimum atomic E-state index is -0.00506. The fraction of sp³-hybridized carbons (Fsp3) is 0.708. The van der Waals surface area contributed by atoms with Gasteiger partial charge in [-0.05, 0) is 55.6 Å². The second-order valence-electron chi connectivity index (χ2n) is 9.94. The molecule has 1 saturated carbocycles. The van der Waals surface area contributed by atoms with Crippen molar-refractivity contribution in [2.75, 3.05) is 31.1 Å². The van der Waals surface area contributed by atoms with Crippen molar-refractivity contribution in [2.45, 2.75) is 65.2 Å². The topological polar surface area (TPSA) is 53.5 Å². The van der Waals surface area contributed by atoms with Crippen molar-refractivity contribution in [1.29, 1.82) is 0 Å². The van der Waals surface area contributed by atoms with E-state index in [1.54, 1.807) is 6.20 Å². The predicted octanol–water partition coefficient (Wildman–Crippen LogP) is 4.32. The second kappa shape index (κ2) is 8.45. The number of likely N-dealkylation sites (tertiary alicyclic amines) is 1. The van der Waals surface area contributed by atoms with Crippen LogP contribution in [0.3, 0.4) is 0 Å². The molecule has 29 heavy (non-hydrogen) atoms. The van der Waals surface area contributed by atoms with Gasteiger partial charge in [0.1, 0.15) is 11.6 Å². The predicted molar refractivity (Wildman–Crippen MR) is 115 cm³/mol. The highest BCUT2D eigenvalue weighted by Crippen LogP contribution is 2.46. The Labute approximate surface area is 174 Å². The van der Waals surface area contributed by atoms with Crippen molar-refractivity contribution < 1.29 is 9.59 Å². The number of piperidine rings is 1. The van der Waals surface area contributed by atoms with Gasteiger partial charge in [0.2, 0.25) is 0 Å². The number of anilines is 1. The quantitative estimate of drug-likeness (QED) is 0.742. The van der Waals surface area contributed by atoms with Crippen LogP contribution in [0.15, 0.2) is 18.3 Å². The van der Waals surface area contributed by atoms with E-state index < -0.39 is 0 Å². The Morgan fingerprint density at radius 3 is 2.62 bits per heavy atom. The van der Waals surface area contributed by atoms with E-state index in [0.717, 1.165) is 38.3 Å². The normalized spacial score (nSPS) is 23.9. The first kappa shape index (κ1) is 20.4. The van der Waals surface area contributed by atoms with Crippen LogP contribution >= 0.6 is 0 Å². The molecular formula is C24H35N3O2. The second-order valence-corrected chi connectivity index (χ2v) is 9.94. The van der Waals surface area contributed by atoms with Crippen LogP contribution in [-0.2, 0) is 4.79 Å². The summed E-state index contributed by atoms with van der Waals surface area (Å²) in [7, 11) is 0.